The molecule has 1 aromatic heterocycles. The Labute approximate surface area is 119 Å². The average molecular weight is 283 g/mol. The first-order valence-corrected chi connectivity index (χ1v) is 6.91. The van der Waals surface area contributed by atoms with E-state index in [1.807, 2.05) is 6.92 Å². The van der Waals surface area contributed by atoms with Gasteiger partial charge in [-0.25, -0.2) is 4.39 Å². The largest absolute Gasteiger partial charge is 0.469 e. The van der Waals surface area contributed by atoms with Crippen LogP contribution >= 0.6 is 0 Å². The monoisotopic (exact) mass is 283 g/mol. The van der Waals surface area contributed by atoms with E-state index < -0.39 is 23.3 Å². The highest BCUT2D eigenvalue weighted by Crippen LogP contribution is 2.36. The molecule has 20 heavy (non-hydrogen) atoms. The number of carbonyl (C=O) groups excluding carboxylic acids is 1. The fraction of sp³-hybridized carbons (Fsp3) is 0.600. The number of pyridine rings is 1. The standard InChI is InChI=1S/C15H22FNO3/c1-4-6-7-12(14(18)20-3)15(19,5-2)13-9-8-11(16)10-17-13/h8-10,12,19H,4-7H2,1-3H3. The van der Waals surface area contributed by atoms with Gasteiger partial charge in [-0.3, -0.25) is 9.78 Å². The van der Waals surface area contributed by atoms with Gasteiger partial charge in [-0.05, 0) is 25.0 Å². The third-order valence-electron chi connectivity index (χ3n) is 3.62. The van der Waals surface area contributed by atoms with Crippen molar-refractivity contribution in [3.63, 3.8) is 0 Å². The number of methoxy groups -OCH3 is 1. The summed E-state index contributed by atoms with van der Waals surface area (Å²) in [6.07, 6.45) is 3.55. The van der Waals surface area contributed by atoms with E-state index in [9.17, 15) is 14.3 Å². The van der Waals surface area contributed by atoms with Crippen LogP contribution < -0.4 is 0 Å². The third-order valence-corrected chi connectivity index (χ3v) is 3.62. The van der Waals surface area contributed by atoms with E-state index in [1.54, 1.807) is 6.92 Å². The zero-order valence-electron chi connectivity index (χ0n) is 12.2. The molecular formula is C15H22FNO3. The highest BCUT2D eigenvalue weighted by Gasteiger charge is 2.42. The van der Waals surface area contributed by atoms with Crippen LogP contribution in [0.5, 0.6) is 0 Å². The van der Waals surface area contributed by atoms with Gasteiger partial charge in [-0.1, -0.05) is 26.7 Å². The quantitative estimate of drug-likeness (QED) is 0.782. The Kier molecular flexibility index (Phi) is 6.07. The zero-order chi connectivity index (χ0) is 15.2. The Hall–Kier alpha value is -1.49. The summed E-state index contributed by atoms with van der Waals surface area (Å²) in [6.45, 7) is 3.78. The molecule has 0 saturated heterocycles. The lowest BCUT2D eigenvalue weighted by Gasteiger charge is -2.33. The molecule has 0 radical (unpaired) electrons. The van der Waals surface area contributed by atoms with Crippen LogP contribution in [0.1, 0.15) is 45.2 Å². The van der Waals surface area contributed by atoms with Crippen LogP contribution in [0.2, 0.25) is 0 Å². The third kappa shape index (κ3) is 3.54. The number of aromatic nitrogens is 1. The summed E-state index contributed by atoms with van der Waals surface area (Å²) in [7, 11) is 1.30. The Morgan fingerprint density at radius 2 is 2.20 bits per heavy atom. The van der Waals surface area contributed by atoms with E-state index in [0.29, 0.717) is 18.5 Å². The molecule has 0 aliphatic rings. The van der Waals surface area contributed by atoms with Gasteiger partial charge in [0.25, 0.3) is 0 Å². The van der Waals surface area contributed by atoms with Crippen molar-refractivity contribution in [2.45, 2.75) is 45.1 Å². The number of rotatable bonds is 7. The predicted molar refractivity (Wildman–Crippen MR) is 73.4 cm³/mol. The summed E-state index contributed by atoms with van der Waals surface area (Å²) >= 11 is 0. The van der Waals surface area contributed by atoms with Crippen molar-refractivity contribution < 1.29 is 19.0 Å². The van der Waals surface area contributed by atoms with Crippen LogP contribution in [0.15, 0.2) is 18.3 Å². The average Bonchev–Trinajstić information content (AvgIpc) is 2.47. The second-order valence-electron chi connectivity index (χ2n) is 4.86. The van der Waals surface area contributed by atoms with Gasteiger partial charge < -0.3 is 9.84 Å². The molecule has 1 N–H and O–H groups in total. The number of nitrogens with zero attached hydrogens (tertiary/aromatic N) is 1. The summed E-state index contributed by atoms with van der Waals surface area (Å²) in [5.41, 5.74) is -1.14. The fourth-order valence-electron chi connectivity index (χ4n) is 2.34. The topological polar surface area (TPSA) is 59.4 Å². The number of hydrogen-bond donors (Lipinski definition) is 1. The van der Waals surface area contributed by atoms with E-state index in [1.165, 1.54) is 19.2 Å². The SMILES string of the molecule is CCCCC(C(=O)OC)C(O)(CC)c1ccc(F)cn1. The van der Waals surface area contributed by atoms with E-state index in [-0.39, 0.29) is 0 Å². The van der Waals surface area contributed by atoms with Crippen molar-refractivity contribution >= 4 is 5.97 Å². The molecule has 1 aromatic rings. The van der Waals surface area contributed by atoms with Crippen LogP contribution in [0.4, 0.5) is 4.39 Å². The number of esters is 1. The van der Waals surface area contributed by atoms with Crippen molar-refractivity contribution in [1.82, 2.24) is 4.98 Å². The van der Waals surface area contributed by atoms with Crippen molar-refractivity contribution in [2.75, 3.05) is 7.11 Å². The minimum atomic E-state index is -1.43. The van der Waals surface area contributed by atoms with Crippen LogP contribution in [0.3, 0.4) is 0 Å². The van der Waals surface area contributed by atoms with Gasteiger partial charge >= 0.3 is 5.97 Å². The van der Waals surface area contributed by atoms with E-state index >= 15 is 0 Å². The minimum absolute atomic E-state index is 0.299. The molecule has 0 aromatic carbocycles. The van der Waals surface area contributed by atoms with Gasteiger partial charge in [0.15, 0.2) is 0 Å². The van der Waals surface area contributed by atoms with Crippen molar-refractivity contribution in [3.8, 4) is 0 Å². The molecule has 2 atom stereocenters. The van der Waals surface area contributed by atoms with E-state index in [4.69, 9.17) is 4.74 Å². The molecule has 112 valence electrons. The van der Waals surface area contributed by atoms with E-state index in [2.05, 4.69) is 4.98 Å². The molecule has 0 bridgehead atoms. The Morgan fingerprint density at radius 3 is 2.65 bits per heavy atom. The van der Waals surface area contributed by atoms with Crippen molar-refractivity contribution in [1.29, 1.82) is 0 Å². The van der Waals surface area contributed by atoms with Gasteiger partial charge in [0.05, 0.1) is 24.9 Å². The minimum Gasteiger partial charge on any atom is -0.469 e. The van der Waals surface area contributed by atoms with Crippen molar-refractivity contribution in [2.24, 2.45) is 5.92 Å². The maximum Gasteiger partial charge on any atom is 0.312 e. The van der Waals surface area contributed by atoms with Gasteiger partial charge in [-0.15, -0.1) is 0 Å². The predicted octanol–water partition coefficient (Wildman–Crippen LogP) is 2.80. The molecular weight excluding hydrogens is 261 g/mol. The Bertz CT molecular complexity index is 435. The highest BCUT2D eigenvalue weighted by molar-refractivity contribution is 5.74. The van der Waals surface area contributed by atoms with Crippen LogP contribution in [-0.2, 0) is 15.1 Å². The highest BCUT2D eigenvalue weighted by atomic mass is 19.1. The van der Waals surface area contributed by atoms with Gasteiger partial charge in [0, 0.05) is 0 Å². The number of hydrogen-bond acceptors (Lipinski definition) is 4. The number of unbranched alkanes of at least 4 members (excludes halogenated alkanes) is 1. The second kappa shape index (κ2) is 7.33. The van der Waals surface area contributed by atoms with Crippen LogP contribution in [0, 0.1) is 11.7 Å². The smallest absolute Gasteiger partial charge is 0.312 e. The number of carbonyl (C=O) groups is 1. The Morgan fingerprint density at radius 1 is 1.50 bits per heavy atom. The normalized spacial score (nSPS) is 15.4. The molecule has 1 heterocycles. The molecule has 0 fully saturated rings. The van der Waals surface area contributed by atoms with Crippen LogP contribution in [0.25, 0.3) is 0 Å². The summed E-state index contributed by atoms with van der Waals surface area (Å²) in [5, 5.41) is 10.9. The number of aliphatic hydroxyl groups is 1. The maximum atomic E-state index is 13.0. The molecule has 2 unspecified atom stereocenters. The van der Waals surface area contributed by atoms with Crippen molar-refractivity contribution in [3.05, 3.63) is 29.8 Å². The van der Waals surface area contributed by atoms with Gasteiger partial charge in [0.2, 0.25) is 0 Å². The first-order chi connectivity index (χ1) is 9.49. The molecule has 0 saturated carbocycles. The molecule has 4 nitrogen and oxygen atoms in total. The summed E-state index contributed by atoms with van der Waals surface area (Å²) in [6, 6.07) is 2.65. The van der Waals surface area contributed by atoms with Crippen LogP contribution in [-0.4, -0.2) is 23.2 Å². The molecule has 5 heteroatoms. The second-order valence-corrected chi connectivity index (χ2v) is 4.86. The molecule has 0 spiro atoms. The molecule has 0 aliphatic carbocycles. The zero-order valence-corrected chi connectivity index (χ0v) is 12.2. The number of ether oxygens (including phenoxy) is 1. The summed E-state index contributed by atoms with van der Waals surface area (Å²) < 4.78 is 17.8. The molecule has 1 rings (SSSR count). The molecule has 0 amide bonds. The molecule has 0 aliphatic heterocycles. The van der Waals surface area contributed by atoms with Gasteiger partial charge in [-0.2, -0.15) is 0 Å². The summed E-state index contributed by atoms with van der Waals surface area (Å²) in [4.78, 5) is 15.9. The first kappa shape index (κ1) is 16.6. The summed E-state index contributed by atoms with van der Waals surface area (Å²) in [5.74, 6) is -1.64. The van der Waals surface area contributed by atoms with Gasteiger partial charge in [0.1, 0.15) is 11.4 Å². The lowest BCUT2D eigenvalue weighted by atomic mass is 9.79. The lowest BCUT2D eigenvalue weighted by Crippen LogP contribution is -2.40. The van der Waals surface area contributed by atoms with E-state index in [0.717, 1.165) is 19.0 Å². The Balaban J connectivity index is 3.14. The number of halogens is 1. The first-order valence-electron chi connectivity index (χ1n) is 6.91. The maximum absolute atomic E-state index is 13.0. The lowest BCUT2D eigenvalue weighted by molar-refractivity contribution is -0.158. The fourth-order valence-corrected chi connectivity index (χ4v) is 2.34.